The molecule has 0 spiro atoms. The van der Waals surface area contributed by atoms with Crippen LogP contribution in [0.2, 0.25) is 0 Å². The van der Waals surface area contributed by atoms with E-state index < -0.39 is 0 Å². The summed E-state index contributed by atoms with van der Waals surface area (Å²) in [5.41, 5.74) is 2.60. The average Bonchev–Trinajstić information content (AvgIpc) is 3.15. The predicted octanol–water partition coefficient (Wildman–Crippen LogP) is 2.90. The highest BCUT2D eigenvalue weighted by Gasteiger charge is 2.30. The van der Waals surface area contributed by atoms with Crippen LogP contribution in [0.15, 0.2) is 36.5 Å². The normalized spacial score (nSPS) is 19.9. The topological polar surface area (TPSA) is 50.6 Å². The molecule has 1 aromatic heterocycles. The highest BCUT2D eigenvalue weighted by atomic mass is 16.5. The molecule has 4 rings (SSSR count). The number of rotatable bonds is 4. The Balaban J connectivity index is 1.36. The highest BCUT2D eigenvalue weighted by molar-refractivity contribution is 5.95. The number of benzene rings is 1. The Hall–Kier alpha value is -2.18. The minimum Gasteiger partial charge on any atom is -0.381 e. The number of methoxy groups -OCH3 is 1. The first kappa shape index (κ1) is 19.2. The highest BCUT2D eigenvalue weighted by Crippen LogP contribution is 2.24. The minimum absolute atomic E-state index is 0.108. The fraction of sp³-hybridized carbons (Fsp3) is 0.545. The van der Waals surface area contributed by atoms with Crippen molar-refractivity contribution < 1.29 is 9.53 Å². The van der Waals surface area contributed by atoms with E-state index in [1.807, 2.05) is 53.9 Å². The van der Waals surface area contributed by atoms with Gasteiger partial charge in [0.15, 0.2) is 0 Å². The van der Waals surface area contributed by atoms with Gasteiger partial charge in [0.05, 0.1) is 29.2 Å². The summed E-state index contributed by atoms with van der Waals surface area (Å²) in [6, 6.07) is 10.6. The quantitative estimate of drug-likeness (QED) is 0.816. The molecule has 0 unspecified atom stereocenters. The molecule has 1 aromatic carbocycles. The number of hydrogen-bond acceptors (Lipinski definition) is 4. The molecule has 0 bridgehead atoms. The van der Waals surface area contributed by atoms with Crippen LogP contribution in [-0.2, 0) is 4.74 Å². The van der Waals surface area contributed by atoms with Crippen LogP contribution in [0, 0.1) is 6.92 Å². The van der Waals surface area contributed by atoms with E-state index in [1.54, 1.807) is 6.20 Å². The summed E-state index contributed by atoms with van der Waals surface area (Å²) in [7, 11) is 1.81. The van der Waals surface area contributed by atoms with Crippen molar-refractivity contribution in [3.8, 4) is 5.69 Å². The van der Waals surface area contributed by atoms with Gasteiger partial charge in [-0.15, -0.1) is 0 Å². The van der Waals surface area contributed by atoms with Crippen LogP contribution in [0.1, 0.15) is 41.7 Å². The Morgan fingerprint density at radius 1 is 1.04 bits per heavy atom. The molecule has 150 valence electrons. The second-order valence-corrected chi connectivity index (χ2v) is 7.89. The SMILES string of the molecule is COC1CCN(C2CCN(C(=O)c3cnn(-c4ccccc4)c3C)CC2)CC1. The monoisotopic (exact) mass is 382 g/mol. The molecule has 28 heavy (non-hydrogen) atoms. The number of aromatic nitrogens is 2. The minimum atomic E-state index is 0.108. The van der Waals surface area contributed by atoms with Crippen molar-refractivity contribution in [3.05, 3.63) is 47.8 Å². The molecule has 0 atom stereocenters. The zero-order chi connectivity index (χ0) is 19.5. The third-order valence-electron chi connectivity index (χ3n) is 6.32. The molecule has 0 saturated carbocycles. The van der Waals surface area contributed by atoms with Gasteiger partial charge in [0.2, 0.25) is 0 Å². The van der Waals surface area contributed by atoms with Crippen LogP contribution in [0.25, 0.3) is 5.69 Å². The van der Waals surface area contributed by atoms with Gasteiger partial charge in [0, 0.05) is 39.3 Å². The molecule has 0 N–H and O–H groups in total. The number of nitrogens with zero attached hydrogens (tertiary/aromatic N) is 4. The molecule has 0 aliphatic carbocycles. The van der Waals surface area contributed by atoms with Gasteiger partial charge in [0.25, 0.3) is 5.91 Å². The Morgan fingerprint density at radius 2 is 1.71 bits per heavy atom. The van der Waals surface area contributed by atoms with E-state index in [1.165, 1.54) is 0 Å². The van der Waals surface area contributed by atoms with E-state index in [9.17, 15) is 4.79 Å². The van der Waals surface area contributed by atoms with Crippen LogP contribution in [0.3, 0.4) is 0 Å². The van der Waals surface area contributed by atoms with Gasteiger partial charge >= 0.3 is 0 Å². The summed E-state index contributed by atoms with van der Waals surface area (Å²) in [5, 5.41) is 4.45. The van der Waals surface area contributed by atoms with Gasteiger partial charge in [-0.3, -0.25) is 4.79 Å². The first-order valence-corrected chi connectivity index (χ1v) is 10.3. The van der Waals surface area contributed by atoms with Gasteiger partial charge in [-0.25, -0.2) is 4.68 Å². The fourth-order valence-corrected chi connectivity index (χ4v) is 4.53. The zero-order valence-corrected chi connectivity index (χ0v) is 16.9. The Labute approximate surface area is 167 Å². The number of ether oxygens (including phenoxy) is 1. The summed E-state index contributed by atoms with van der Waals surface area (Å²) in [6.45, 7) is 5.84. The van der Waals surface area contributed by atoms with E-state index in [2.05, 4.69) is 10.00 Å². The number of carbonyl (C=O) groups excluding carboxylic acids is 1. The average molecular weight is 383 g/mol. The zero-order valence-electron chi connectivity index (χ0n) is 16.9. The molecule has 1 amide bonds. The van der Waals surface area contributed by atoms with E-state index >= 15 is 0 Å². The largest absolute Gasteiger partial charge is 0.381 e. The second-order valence-electron chi connectivity index (χ2n) is 7.89. The Morgan fingerprint density at radius 3 is 2.36 bits per heavy atom. The molecular formula is C22H30N4O2. The van der Waals surface area contributed by atoms with Crippen LogP contribution in [0.5, 0.6) is 0 Å². The van der Waals surface area contributed by atoms with Crippen molar-refractivity contribution in [2.45, 2.75) is 44.8 Å². The predicted molar refractivity (Wildman–Crippen MR) is 109 cm³/mol. The summed E-state index contributed by atoms with van der Waals surface area (Å²) in [4.78, 5) is 17.7. The van der Waals surface area contributed by atoms with E-state index in [4.69, 9.17) is 4.74 Å². The lowest BCUT2D eigenvalue weighted by Gasteiger charge is -2.41. The van der Waals surface area contributed by atoms with Crippen LogP contribution in [-0.4, -0.2) is 70.9 Å². The van der Waals surface area contributed by atoms with Gasteiger partial charge in [-0.05, 0) is 44.7 Å². The molecule has 2 aromatic rings. The van der Waals surface area contributed by atoms with E-state index in [-0.39, 0.29) is 5.91 Å². The maximum Gasteiger partial charge on any atom is 0.257 e. The van der Waals surface area contributed by atoms with Crippen molar-refractivity contribution in [2.24, 2.45) is 0 Å². The molecule has 6 nitrogen and oxygen atoms in total. The van der Waals surface area contributed by atoms with E-state index in [0.29, 0.717) is 17.7 Å². The summed E-state index contributed by atoms with van der Waals surface area (Å²) >= 11 is 0. The summed E-state index contributed by atoms with van der Waals surface area (Å²) in [5.74, 6) is 0.108. The van der Waals surface area contributed by atoms with Crippen molar-refractivity contribution in [3.63, 3.8) is 0 Å². The molecule has 0 radical (unpaired) electrons. The standard InChI is InChI=1S/C22H30N4O2/c1-17-21(16-23-26(17)19-6-4-3-5-7-19)22(27)25-12-8-18(9-13-25)24-14-10-20(28-2)11-15-24/h3-7,16,18,20H,8-15H2,1-2H3. The maximum atomic E-state index is 13.1. The lowest BCUT2D eigenvalue weighted by molar-refractivity contribution is 0.0145. The Kier molecular flexibility index (Phi) is 5.78. The molecule has 2 saturated heterocycles. The third kappa shape index (κ3) is 3.84. The van der Waals surface area contributed by atoms with Crippen molar-refractivity contribution in [1.29, 1.82) is 0 Å². The summed E-state index contributed by atoms with van der Waals surface area (Å²) in [6.07, 6.45) is 6.47. The lowest BCUT2D eigenvalue weighted by atomic mass is 9.98. The second kappa shape index (κ2) is 8.45. The molecule has 2 fully saturated rings. The number of amides is 1. The summed E-state index contributed by atoms with van der Waals surface area (Å²) < 4.78 is 7.33. The number of para-hydroxylation sites is 1. The third-order valence-corrected chi connectivity index (χ3v) is 6.32. The lowest BCUT2D eigenvalue weighted by Crippen LogP contribution is -2.49. The number of piperidine rings is 2. The smallest absolute Gasteiger partial charge is 0.257 e. The van der Waals surface area contributed by atoms with Crippen LogP contribution in [0.4, 0.5) is 0 Å². The molecule has 2 aliphatic heterocycles. The van der Waals surface area contributed by atoms with Gasteiger partial charge in [-0.1, -0.05) is 18.2 Å². The molecule has 6 heteroatoms. The van der Waals surface area contributed by atoms with Crippen molar-refractivity contribution in [2.75, 3.05) is 33.3 Å². The van der Waals surface area contributed by atoms with Gasteiger partial charge in [-0.2, -0.15) is 5.10 Å². The van der Waals surface area contributed by atoms with Crippen molar-refractivity contribution >= 4 is 5.91 Å². The van der Waals surface area contributed by atoms with Gasteiger partial charge in [0.1, 0.15) is 0 Å². The number of carbonyl (C=O) groups is 1. The van der Waals surface area contributed by atoms with Crippen LogP contribution < -0.4 is 0 Å². The van der Waals surface area contributed by atoms with E-state index in [0.717, 1.165) is 63.2 Å². The first-order chi connectivity index (χ1) is 13.7. The number of hydrogen-bond donors (Lipinski definition) is 0. The first-order valence-electron chi connectivity index (χ1n) is 10.3. The van der Waals surface area contributed by atoms with Crippen LogP contribution >= 0.6 is 0 Å². The Bertz CT molecular complexity index is 788. The molecule has 3 heterocycles. The molecular weight excluding hydrogens is 352 g/mol. The molecule has 2 aliphatic rings. The number of likely N-dealkylation sites (tertiary alicyclic amines) is 2. The van der Waals surface area contributed by atoms with Crippen molar-refractivity contribution in [1.82, 2.24) is 19.6 Å². The van der Waals surface area contributed by atoms with Gasteiger partial charge < -0.3 is 14.5 Å². The maximum absolute atomic E-state index is 13.1. The fourth-order valence-electron chi connectivity index (χ4n) is 4.53.